The fourth-order valence-corrected chi connectivity index (χ4v) is 3.18. The third-order valence-electron chi connectivity index (χ3n) is 4.69. The average Bonchev–Trinajstić information content (AvgIpc) is 2.69. The summed E-state index contributed by atoms with van der Waals surface area (Å²) in [6.07, 6.45) is 4.10. The first-order chi connectivity index (χ1) is 13.0. The molecule has 6 nitrogen and oxygen atoms in total. The molecule has 142 valence electrons. The quantitative estimate of drug-likeness (QED) is 0.810. The number of carboxylic acid groups (broad SMARTS) is 1. The first kappa shape index (κ1) is 18.8. The molecule has 1 saturated carbocycles. The molecule has 1 heterocycles. The van der Waals surface area contributed by atoms with E-state index < -0.39 is 11.9 Å². The highest BCUT2D eigenvalue weighted by atomic mass is 19.1. The second kappa shape index (κ2) is 8.62. The molecule has 3 rings (SSSR count). The molecule has 1 aromatic heterocycles. The van der Waals surface area contributed by atoms with Crippen LogP contribution in [0.1, 0.15) is 31.2 Å². The number of aliphatic carboxylic acids is 1. The molecule has 0 aliphatic heterocycles. The third kappa shape index (κ3) is 5.26. The lowest BCUT2D eigenvalue weighted by atomic mass is 9.81. The van der Waals surface area contributed by atoms with E-state index in [0.717, 1.165) is 18.4 Å². The molecule has 0 bridgehead atoms. The van der Waals surface area contributed by atoms with Crippen molar-refractivity contribution in [2.24, 2.45) is 11.8 Å². The van der Waals surface area contributed by atoms with Gasteiger partial charge >= 0.3 is 5.97 Å². The van der Waals surface area contributed by atoms with E-state index in [1.54, 1.807) is 18.3 Å². The van der Waals surface area contributed by atoms with E-state index >= 15 is 0 Å². The SMILES string of the molecule is O=C(O)C1CCCC(C(=O)NCc2ccc(Oc3ccc(F)cc3)nc2)C1. The van der Waals surface area contributed by atoms with Crippen LogP contribution in [0, 0.1) is 17.7 Å². The Morgan fingerprint density at radius 3 is 2.56 bits per heavy atom. The van der Waals surface area contributed by atoms with E-state index in [0.29, 0.717) is 31.0 Å². The number of nitrogens with one attached hydrogen (secondary N) is 1. The van der Waals surface area contributed by atoms with Crippen LogP contribution in [0.15, 0.2) is 42.6 Å². The van der Waals surface area contributed by atoms with Gasteiger partial charge in [0.05, 0.1) is 5.92 Å². The summed E-state index contributed by atoms with van der Waals surface area (Å²) in [7, 11) is 0. The fourth-order valence-electron chi connectivity index (χ4n) is 3.18. The van der Waals surface area contributed by atoms with Crippen molar-refractivity contribution in [1.29, 1.82) is 0 Å². The van der Waals surface area contributed by atoms with Crippen LogP contribution in [0.25, 0.3) is 0 Å². The van der Waals surface area contributed by atoms with Crippen molar-refractivity contribution in [3.05, 3.63) is 54.0 Å². The maximum Gasteiger partial charge on any atom is 0.306 e. The minimum absolute atomic E-state index is 0.118. The van der Waals surface area contributed by atoms with Gasteiger partial charge in [-0.25, -0.2) is 9.37 Å². The van der Waals surface area contributed by atoms with Crippen molar-refractivity contribution in [3.63, 3.8) is 0 Å². The number of nitrogens with zero attached hydrogens (tertiary/aromatic N) is 1. The van der Waals surface area contributed by atoms with E-state index in [9.17, 15) is 14.0 Å². The second-order valence-electron chi connectivity index (χ2n) is 6.68. The minimum atomic E-state index is -0.826. The zero-order valence-electron chi connectivity index (χ0n) is 14.7. The number of ether oxygens (including phenoxy) is 1. The molecule has 27 heavy (non-hydrogen) atoms. The molecule has 0 radical (unpaired) electrons. The molecule has 1 aliphatic rings. The standard InChI is InChI=1S/C20H21FN2O4/c21-16-5-7-17(8-6-16)27-18-9-4-13(11-22-18)12-23-19(24)14-2-1-3-15(10-14)20(25)26/h4-9,11,14-15H,1-3,10,12H2,(H,23,24)(H,25,26). The zero-order valence-corrected chi connectivity index (χ0v) is 14.7. The predicted octanol–water partition coefficient (Wildman–Crippen LogP) is 3.52. The highest BCUT2D eigenvalue weighted by molar-refractivity contribution is 5.80. The summed E-state index contributed by atoms with van der Waals surface area (Å²) in [5, 5.41) is 12.0. The molecule has 1 amide bonds. The number of hydrogen-bond donors (Lipinski definition) is 2. The zero-order chi connectivity index (χ0) is 19.2. The summed E-state index contributed by atoms with van der Waals surface area (Å²) in [5.74, 6) is -1.12. The maximum atomic E-state index is 12.9. The van der Waals surface area contributed by atoms with Crippen molar-refractivity contribution >= 4 is 11.9 Å². The number of carbonyl (C=O) groups excluding carboxylic acids is 1. The Hall–Kier alpha value is -2.96. The second-order valence-corrected chi connectivity index (χ2v) is 6.68. The van der Waals surface area contributed by atoms with Crippen molar-refractivity contribution in [3.8, 4) is 11.6 Å². The van der Waals surface area contributed by atoms with Gasteiger partial charge in [0.25, 0.3) is 0 Å². The molecule has 7 heteroatoms. The minimum Gasteiger partial charge on any atom is -0.481 e. The van der Waals surface area contributed by atoms with Crippen LogP contribution in [0.4, 0.5) is 4.39 Å². The molecule has 2 unspecified atom stereocenters. The molecule has 2 aromatic rings. The van der Waals surface area contributed by atoms with Gasteiger partial charge in [0.2, 0.25) is 11.8 Å². The molecule has 1 aliphatic carbocycles. The number of benzene rings is 1. The number of carboxylic acids is 1. The Labute approximate surface area is 156 Å². The molecule has 1 aromatic carbocycles. The third-order valence-corrected chi connectivity index (χ3v) is 4.69. The lowest BCUT2D eigenvalue weighted by molar-refractivity contribution is -0.144. The van der Waals surface area contributed by atoms with Crippen molar-refractivity contribution < 1.29 is 23.8 Å². The average molecular weight is 372 g/mol. The van der Waals surface area contributed by atoms with Crippen LogP contribution < -0.4 is 10.1 Å². The lowest BCUT2D eigenvalue weighted by Crippen LogP contribution is -2.35. The van der Waals surface area contributed by atoms with E-state index in [4.69, 9.17) is 9.84 Å². The van der Waals surface area contributed by atoms with E-state index in [-0.39, 0.29) is 17.6 Å². The van der Waals surface area contributed by atoms with Crippen LogP contribution in [0.5, 0.6) is 11.6 Å². The Kier molecular flexibility index (Phi) is 6.01. The molecule has 2 atom stereocenters. The highest BCUT2D eigenvalue weighted by Crippen LogP contribution is 2.29. The van der Waals surface area contributed by atoms with Gasteiger partial charge in [-0.15, -0.1) is 0 Å². The monoisotopic (exact) mass is 372 g/mol. The summed E-state index contributed by atoms with van der Waals surface area (Å²) in [6.45, 7) is 0.316. The van der Waals surface area contributed by atoms with Gasteiger partial charge in [0.1, 0.15) is 11.6 Å². The maximum absolute atomic E-state index is 12.9. The number of rotatable bonds is 6. The van der Waals surface area contributed by atoms with Crippen molar-refractivity contribution in [2.45, 2.75) is 32.2 Å². The molecule has 0 spiro atoms. The predicted molar refractivity (Wildman–Crippen MR) is 95.6 cm³/mol. The number of aromatic nitrogens is 1. The van der Waals surface area contributed by atoms with Crippen LogP contribution in [0.3, 0.4) is 0 Å². The number of carbonyl (C=O) groups is 2. The van der Waals surface area contributed by atoms with E-state index in [2.05, 4.69) is 10.3 Å². The van der Waals surface area contributed by atoms with Crippen molar-refractivity contribution in [1.82, 2.24) is 10.3 Å². The lowest BCUT2D eigenvalue weighted by Gasteiger charge is -2.25. The summed E-state index contributed by atoms with van der Waals surface area (Å²) in [6, 6.07) is 9.09. The molecule has 0 saturated heterocycles. The van der Waals surface area contributed by atoms with E-state index in [1.807, 2.05) is 0 Å². The molecule has 1 fully saturated rings. The Morgan fingerprint density at radius 2 is 1.89 bits per heavy atom. The largest absolute Gasteiger partial charge is 0.481 e. The molecular weight excluding hydrogens is 351 g/mol. The van der Waals surface area contributed by atoms with Crippen LogP contribution in [-0.4, -0.2) is 22.0 Å². The Bertz CT molecular complexity index is 793. The summed E-state index contributed by atoms with van der Waals surface area (Å²) < 4.78 is 18.4. The number of halogens is 1. The van der Waals surface area contributed by atoms with Gasteiger partial charge < -0.3 is 15.2 Å². The van der Waals surface area contributed by atoms with E-state index in [1.165, 1.54) is 24.3 Å². The highest BCUT2D eigenvalue weighted by Gasteiger charge is 2.30. The number of pyridine rings is 1. The normalized spacial score (nSPS) is 19.3. The summed E-state index contributed by atoms with van der Waals surface area (Å²) >= 11 is 0. The molecular formula is C20H21FN2O4. The van der Waals surface area contributed by atoms with Gasteiger partial charge in [-0.2, -0.15) is 0 Å². The molecule has 2 N–H and O–H groups in total. The van der Waals surface area contributed by atoms with Gasteiger partial charge in [-0.05, 0) is 49.1 Å². The number of amides is 1. The first-order valence-electron chi connectivity index (χ1n) is 8.90. The van der Waals surface area contributed by atoms with Crippen LogP contribution in [-0.2, 0) is 16.1 Å². The van der Waals surface area contributed by atoms with Gasteiger partial charge in [0.15, 0.2) is 0 Å². The van der Waals surface area contributed by atoms with Gasteiger partial charge in [0, 0.05) is 24.7 Å². The number of hydrogen-bond acceptors (Lipinski definition) is 4. The topological polar surface area (TPSA) is 88.5 Å². The Balaban J connectivity index is 1.50. The fraction of sp³-hybridized carbons (Fsp3) is 0.350. The van der Waals surface area contributed by atoms with Gasteiger partial charge in [-0.1, -0.05) is 12.5 Å². The summed E-state index contributed by atoms with van der Waals surface area (Å²) in [4.78, 5) is 27.6. The first-order valence-corrected chi connectivity index (χ1v) is 8.90. The van der Waals surface area contributed by atoms with Crippen LogP contribution in [0.2, 0.25) is 0 Å². The smallest absolute Gasteiger partial charge is 0.306 e. The van der Waals surface area contributed by atoms with Crippen LogP contribution >= 0.6 is 0 Å². The summed E-state index contributed by atoms with van der Waals surface area (Å²) in [5.41, 5.74) is 0.806. The van der Waals surface area contributed by atoms with Crippen molar-refractivity contribution in [2.75, 3.05) is 0 Å². The van der Waals surface area contributed by atoms with Gasteiger partial charge in [-0.3, -0.25) is 9.59 Å². The Morgan fingerprint density at radius 1 is 1.15 bits per heavy atom.